The molecule has 2 nitrogen and oxygen atoms in total. The van der Waals surface area contributed by atoms with Crippen LogP contribution in [0.1, 0.15) is 18.9 Å². The lowest BCUT2D eigenvalue weighted by Crippen LogP contribution is -2.21. The summed E-state index contributed by atoms with van der Waals surface area (Å²) in [6, 6.07) is 8.83. The highest BCUT2D eigenvalue weighted by Crippen LogP contribution is 2.14. The summed E-state index contributed by atoms with van der Waals surface area (Å²) < 4.78 is 5.17. The van der Waals surface area contributed by atoms with Crippen LogP contribution in [-0.2, 0) is 6.42 Å². The number of aryl methyl sites for hydroxylation is 1. The van der Waals surface area contributed by atoms with Gasteiger partial charge in [0.2, 0.25) is 0 Å². The average molecular weight is 193 g/mol. The Morgan fingerprint density at radius 2 is 2.21 bits per heavy atom. The molecule has 0 aromatic heterocycles. The lowest BCUT2D eigenvalue weighted by molar-refractivity contribution is 0.414. The molecular weight excluding hydrogens is 174 g/mol. The molecule has 0 spiro atoms. The van der Waals surface area contributed by atoms with Crippen molar-refractivity contribution < 1.29 is 4.74 Å². The molecule has 0 saturated carbocycles. The molecule has 0 aliphatic carbocycles. The molecular formula is C12H19NO. The average Bonchev–Trinajstić information content (AvgIpc) is 2.26. The fraction of sp³-hybridized carbons (Fsp3) is 0.500. The molecule has 1 N–H and O–H groups in total. The number of methoxy groups -OCH3 is 1. The van der Waals surface area contributed by atoms with E-state index in [4.69, 9.17) is 4.74 Å². The van der Waals surface area contributed by atoms with Gasteiger partial charge in [0.15, 0.2) is 0 Å². The summed E-state index contributed by atoms with van der Waals surface area (Å²) in [6.45, 7) is 2.19. The fourth-order valence-electron chi connectivity index (χ4n) is 1.36. The fourth-order valence-corrected chi connectivity index (χ4v) is 1.36. The molecule has 78 valence electrons. The van der Waals surface area contributed by atoms with Gasteiger partial charge in [0, 0.05) is 6.04 Å². The van der Waals surface area contributed by atoms with Crippen LogP contribution in [-0.4, -0.2) is 20.2 Å². The smallest absolute Gasteiger partial charge is 0.119 e. The van der Waals surface area contributed by atoms with E-state index in [1.54, 1.807) is 7.11 Å². The Kier molecular flexibility index (Phi) is 4.47. The van der Waals surface area contributed by atoms with Gasteiger partial charge in [0.25, 0.3) is 0 Å². The van der Waals surface area contributed by atoms with Crippen LogP contribution < -0.4 is 10.1 Å². The minimum Gasteiger partial charge on any atom is -0.497 e. The largest absolute Gasteiger partial charge is 0.497 e. The Hall–Kier alpha value is -1.02. The first kappa shape index (κ1) is 11.1. The lowest BCUT2D eigenvalue weighted by Gasteiger charge is -2.10. The van der Waals surface area contributed by atoms with Gasteiger partial charge in [-0.1, -0.05) is 12.1 Å². The predicted octanol–water partition coefficient (Wildman–Crippen LogP) is 2.24. The molecule has 0 fully saturated rings. The second-order valence-corrected chi connectivity index (χ2v) is 3.58. The highest BCUT2D eigenvalue weighted by atomic mass is 16.5. The van der Waals surface area contributed by atoms with Crippen LogP contribution in [0.5, 0.6) is 5.75 Å². The van der Waals surface area contributed by atoms with Crippen LogP contribution in [0.15, 0.2) is 24.3 Å². The van der Waals surface area contributed by atoms with Gasteiger partial charge >= 0.3 is 0 Å². The van der Waals surface area contributed by atoms with Crippen molar-refractivity contribution in [1.29, 1.82) is 0 Å². The monoisotopic (exact) mass is 193 g/mol. The van der Waals surface area contributed by atoms with Crippen molar-refractivity contribution in [3.05, 3.63) is 29.8 Å². The molecule has 2 heteroatoms. The van der Waals surface area contributed by atoms with Gasteiger partial charge in [-0.25, -0.2) is 0 Å². The number of benzene rings is 1. The van der Waals surface area contributed by atoms with E-state index in [-0.39, 0.29) is 0 Å². The van der Waals surface area contributed by atoms with Crippen molar-refractivity contribution in [2.45, 2.75) is 25.8 Å². The highest BCUT2D eigenvalue weighted by molar-refractivity contribution is 5.28. The Labute approximate surface area is 86.3 Å². The van der Waals surface area contributed by atoms with Gasteiger partial charge in [-0.05, 0) is 44.5 Å². The number of nitrogens with one attached hydrogen (secondary N) is 1. The molecule has 1 aromatic rings. The SMILES string of the molecule is CN[C@H](C)CCc1cccc(OC)c1. The van der Waals surface area contributed by atoms with Gasteiger partial charge in [0.05, 0.1) is 7.11 Å². The van der Waals surface area contributed by atoms with Gasteiger partial charge in [0.1, 0.15) is 5.75 Å². The van der Waals surface area contributed by atoms with Gasteiger partial charge in [-0.3, -0.25) is 0 Å². The van der Waals surface area contributed by atoms with Crippen molar-refractivity contribution in [1.82, 2.24) is 5.32 Å². The minimum absolute atomic E-state index is 0.571. The number of hydrogen-bond donors (Lipinski definition) is 1. The molecule has 0 aliphatic rings. The molecule has 14 heavy (non-hydrogen) atoms. The maximum atomic E-state index is 5.17. The van der Waals surface area contributed by atoms with Crippen molar-refractivity contribution in [3.8, 4) is 5.75 Å². The summed E-state index contributed by atoms with van der Waals surface area (Å²) >= 11 is 0. The van der Waals surface area contributed by atoms with Crippen LogP contribution in [0.2, 0.25) is 0 Å². The third-order valence-electron chi connectivity index (χ3n) is 2.49. The van der Waals surface area contributed by atoms with Crippen molar-refractivity contribution in [2.75, 3.05) is 14.2 Å². The number of ether oxygens (including phenoxy) is 1. The maximum absolute atomic E-state index is 5.17. The normalized spacial score (nSPS) is 12.5. The van der Waals surface area contributed by atoms with E-state index in [0.717, 1.165) is 18.6 Å². The zero-order chi connectivity index (χ0) is 10.4. The summed E-state index contributed by atoms with van der Waals surface area (Å²) in [4.78, 5) is 0. The molecule has 0 amide bonds. The summed E-state index contributed by atoms with van der Waals surface area (Å²) in [7, 11) is 3.70. The van der Waals surface area contributed by atoms with E-state index >= 15 is 0 Å². The first-order chi connectivity index (χ1) is 6.76. The Morgan fingerprint density at radius 3 is 2.86 bits per heavy atom. The maximum Gasteiger partial charge on any atom is 0.119 e. The van der Waals surface area contributed by atoms with E-state index in [2.05, 4.69) is 24.4 Å². The van der Waals surface area contributed by atoms with Crippen molar-refractivity contribution >= 4 is 0 Å². The zero-order valence-electron chi connectivity index (χ0n) is 9.21. The van der Waals surface area contributed by atoms with Crippen LogP contribution in [0.4, 0.5) is 0 Å². The molecule has 1 aromatic carbocycles. The van der Waals surface area contributed by atoms with Crippen LogP contribution in [0.3, 0.4) is 0 Å². The summed E-state index contributed by atoms with van der Waals surface area (Å²) in [5, 5.41) is 3.23. The third-order valence-corrected chi connectivity index (χ3v) is 2.49. The van der Waals surface area contributed by atoms with Gasteiger partial charge in [-0.15, -0.1) is 0 Å². The third kappa shape index (κ3) is 3.38. The highest BCUT2D eigenvalue weighted by Gasteiger charge is 2.00. The van der Waals surface area contributed by atoms with E-state index in [9.17, 15) is 0 Å². The van der Waals surface area contributed by atoms with E-state index in [0.29, 0.717) is 6.04 Å². The second-order valence-electron chi connectivity index (χ2n) is 3.58. The Balaban J connectivity index is 2.50. The van der Waals surface area contributed by atoms with Crippen molar-refractivity contribution in [2.24, 2.45) is 0 Å². The summed E-state index contributed by atoms with van der Waals surface area (Å²) in [5.41, 5.74) is 1.34. The van der Waals surface area contributed by atoms with Crippen molar-refractivity contribution in [3.63, 3.8) is 0 Å². The molecule has 0 bridgehead atoms. The lowest BCUT2D eigenvalue weighted by atomic mass is 10.1. The molecule has 1 rings (SSSR count). The number of rotatable bonds is 5. The molecule has 0 heterocycles. The minimum atomic E-state index is 0.571. The van der Waals surface area contributed by atoms with Crippen LogP contribution in [0.25, 0.3) is 0 Å². The first-order valence-corrected chi connectivity index (χ1v) is 5.06. The first-order valence-electron chi connectivity index (χ1n) is 5.06. The number of hydrogen-bond acceptors (Lipinski definition) is 2. The molecule has 1 atom stereocenters. The molecule has 0 saturated heterocycles. The van der Waals surface area contributed by atoms with Crippen LogP contribution >= 0.6 is 0 Å². The standard InChI is InChI=1S/C12H19NO/c1-10(13-2)7-8-11-5-4-6-12(9-11)14-3/h4-6,9-10,13H,7-8H2,1-3H3/t10-/m1/s1. The molecule has 0 radical (unpaired) electrons. The van der Waals surface area contributed by atoms with E-state index < -0.39 is 0 Å². The zero-order valence-corrected chi connectivity index (χ0v) is 9.21. The Morgan fingerprint density at radius 1 is 1.43 bits per heavy atom. The van der Waals surface area contributed by atoms with Gasteiger partial charge in [-0.2, -0.15) is 0 Å². The predicted molar refractivity (Wildman–Crippen MR) is 59.8 cm³/mol. The molecule has 0 unspecified atom stereocenters. The van der Waals surface area contributed by atoms with Gasteiger partial charge < -0.3 is 10.1 Å². The molecule has 0 aliphatic heterocycles. The quantitative estimate of drug-likeness (QED) is 0.774. The summed E-state index contributed by atoms with van der Waals surface area (Å²) in [5.74, 6) is 0.944. The van der Waals surface area contributed by atoms with E-state index in [1.165, 1.54) is 5.56 Å². The van der Waals surface area contributed by atoms with E-state index in [1.807, 2.05) is 19.2 Å². The second kappa shape index (κ2) is 5.66. The Bertz CT molecular complexity index is 273. The topological polar surface area (TPSA) is 21.3 Å². The van der Waals surface area contributed by atoms with Crippen LogP contribution in [0, 0.1) is 0 Å². The summed E-state index contributed by atoms with van der Waals surface area (Å²) in [6.07, 6.45) is 2.25.